The molecule has 0 aromatic carbocycles. The molecule has 0 amide bonds. The number of hydrogen-bond donors (Lipinski definition) is 0. The highest BCUT2D eigenvalue weighted by Crippen LogP contribution is 2.32. The Morgan fingerprint density at radius 2 is 2.00 bits per heavy atom. The van der Waals surface area contributed by atoms with Crippen LogP contribution in [0.15, 0.2) is 0 Å². The van der Waals surface area contributed by atoms with E-state index < -0.39 is 0 Å². The Kier molecular flexibility index (Phi) is 1.04. The van der Waals surface area contributed by atoms with Crippen LogP contribution in [0.3, 0.4) is 0 Å². The van der Waals surface area contributed by atoms with Crippen LogP contribution in [0, 0.1) is 5.92 Å². The summed E-state index contributed by atoms with van der Waals surface area (Å²) >= 11 is 0. The van der Waals surface area contributed by atoms with Gasteiger partial charge in [-0.3, -0.25) is 0 Å². The van der Waals surface area contributed by atoms with Gasteiger partial charge in [0.25, 0.3) is 0 Å². The van der Waals surface area contributed by atoms with Crippen LogP contribution in [0.4, 0.5) is 0 Å². The number of rotatable bonds is 3. The van der Waals surface area contributed by atoms with Gasteiger partial charge in [-0.05, 0) is 18.9 Å². The summed E-state index contributed by atoms with van der Waals surface area (Å²) in [5, 5.41) is 0. The van der Waals surface area contributed by atoms with Crippen LogP contribution in [0.2, 0.25) is 0 Å². The van der Waals surface area contributed by atoms with E-state index in [1.807, 2.05) is 0 Å². The SMILES string of the molecule is C1CC1CCN1CC1. The summed E-state index contributed by atoms with van der Waals surface area (Å²) in [4.78, 5) is 2.51. The first kappa shape index (κ1) is 4.80. The summed E-state index contributed by atoms with van der Waals surface area (Å²) < 4.78 is 0. The molecule has 8 heavy (non-hydrogen) atoms. The fourth-order valence-corrected chi connectivity index (χ4v) is 1.07. The predicted molar refractivity (Wildman–Crippen MR) is 33.8 cm³/mol. The van der Waals surface area contributed by atoms with Gasteiger partial charge in [0.15, 0.2) is 0 Å². The summed E-state index contributed by atoms with van der Waals surface area (Å²) in [5.74, 6) is 1.13. The zero-order valence-corrected chi connectivity index (χ0v) is 5.27. The van der Waals surface area contributed by atoms with E-state index in [0.717, 1.165) is 5.92 Å². The topological polar surface area (TPSA) is 3.01 Å². The third kappa shape index (κ3) is 1.22. The van der Waals surface area contributed by atoms with Gasteiger partial charge in [0.05, 0.1) is 0 Å². The van der Waals surface area contributed by atoms with Crippen molar-refractivity contribution in [2.45, 2.75) is 19.3 Å². The highest BCUT2D eigenvalue weighted by molar-refractivity contribution is 4.78. The fourth-order valence-electron chi connectivity index (χ4n) is 1.07. The van der Waals surface area contributed by atoms with Crippen molar-refractivity contribution >= 4 is 0 Å². The Morgan fingerprint density at radius 1 is 1.25 bits per heavy atom. The van der Waals surface area contributed by atoms with Crippen molar-refractivity contribution in [2.75, 3.05) is 19.6 Å². The lowest BCUT2D eigenvalue weighted by Crippen LogP contribution is -1.98. The Hall–Kier alpha value is -0.0400. The quantitative estimate of drug-likeness (QED) is 0.493. The van der Waals surface area contributed by atoms with Gasteiger partial charge >= 0.3 is 0 Å². The Bertz CT molecular complexity index is 70.4. The van der Waals surface area contributed by atoms with Gasteiger partial charge in [-0.25, -0.2) is 0 Å². The molecule has 1 heteroatoms. The van der Waals surface area contributed by atoms with E-state index in [0.29, 0.717) is 0 Å². The van der Waals surface area contributed by atoms with Crippen LogP contribution in [-0.2, 0) is 0 Å². The maximum absolute atomic E-state index is 2.51. The zero-order chi connectivity index (χ0) is 5.40. The van der Waals surface area contributed by atoms with Gasteiger partial charge in [-0.15, -0.1) is 0 Å². The van der Waals surface area contributed by atoms with Crippen molar-refractivity contribution in [3.8, 4) is 0 Å². The van der Waals surface area contributed by atoms with Crippen molar-refractivity contribution < 1.29 is 0 Å². The van der Waals surface area contributed by atoms with Gasteiger partial charge in [0.1, 0.15) is 0 Å². The lowest BCUT2D eigenvalue weighted by molar-refractivity contribution is 0.511. The van der Waals surface area contributed by atoms with Gasteiger partial charge in [-0.2, -0.15) is 0 Å². The molecule has 0 unspecified atom stereocenters. The molecule has 2 fully saturated rings. The molecular formula is C7H13N. The van der Waals surface area contributed by atoms with Gasteiger partial charge < -0.3 is 4.90 Å². The van der Waals surface area contributed by atoms with E-state index in [2.05, 4.69) is 4.90 Å². The minimum absolute atomic E-state index is 1.13. The second kappa shape index (κ2) is 1.73. The van der Waals surface area contributed by atoms with E-state index in [-0.39, 0.29) is 0 Å². The third-order valence-electron chi connectivity index (χ3n) is 2.09. The highest BCUT2D eigenvalue weighted by atomic mass is 15.2. The predicted octanol–water partition coefficient (Wildman–Crippen LogP) is 1.10. The smallest absolute Gasteiger partial charge is 0.0110 e. The highest BCUT2D eigenvalue weighted by Gasteiger charge is 2.24. The molecule has 1 nitrogen and oxygen atoms in total. The monoisotopic (exact) mass is 111 g/mol. The first-order chi connectivity index (χ1) is 3.95. The molecule has 0 spiro atoms. The second-order valence-corrected chi connectivity index (χ2v) is 3.07. The van der Waals surface area contributed by atoms with Gasteiger partial charge in [0.2, 0.25) is 0 Å². The molecule has 0 N–H and O–H groups in total. The molecule has 0 aromatic heterocycles. The zero-order valence-electron chi connectivity index (χ0n) is 5.27. The molecule has 2 rings (SSSR count). The average molecular weight is 111 g/mol. The van der Waals surface area contributed by atoms with Crippen molar-refractivity contribution in [3.05, 3.63) is 0 Å². The summed E-state index contributed by atoms with van der Waals surface area (Å²) in [6.07, 6.45) is 4.53. The standard InChI is InChI=1S/C7H13N/c1-2-7(1)3-4-8-5-6-8/h7H,1-6H2. The summed E-state index contributed by atoms with van der Waals surface area (Å²) in [5.41, 5.74) is 0. The van der Waals surface area contributed by atoms with Crippen LogP contribution in [0.5, 0.6) is 0 Å². The van der Waals surface area contributed by atoms with Gasteiger partial charge in [0, 0.05) is 13.1 Å². The van der Waals surface area contributed by atoms with Crippen molar-refractivity contribution in [1.82, 2.24) is 4.90 Å². The molecule has 0 aromatic rings. The molecule has 0 atom stereocenters. The molecule has 1 aliphatic carbocycles. The minimum atomic E-state index is 1.13. The fraction of sp³-hybridized carbons (Fsp3) is 1.00. The second-order valence-electron chi connectivity index (χ2n) is 3.07. The normalized spacial score (nSPS) is 28.5. The molecule has 0 bridgehead atoms. The summed E-state index contributed by atoms with van der Waals surface area (Å²) in [6.45, 7) is 4.16. The van der Waals surface area contributed by atoms with Crippen molar-refractivity contribution in [3.63, 3.8) is 0 Å². The third-order valence-corrected chi connectivity index (χ3v) is 2.09. The van der Waals surface area contributed by atoms with Crippen LogP contribution in [0.1, 0.15) is 19.3 Å². The van der Waals surface area contributed by atoms with Crippen molar-refractivity contribution in [2.24, 2.45) is 5.92 Å². The van der Waals surface area contributed by atoms with E-state index in [9.17, 15) is 0 Å². The largest absolute Gasteiger partial charge is 0.301 e. The van der Waals surface area contributed by atoms with E-state index in [1.54, 1.807) is 0 Å². The first-order valence-corrected chi connectivity index (χ1v) is 3.67. The maximum atomic E-state index is 2.51. The number of nitrogens with zero attached hydrogens (tertiary/aromatic N) is 1. The first-order valence-electron chi connectivity index (χ1n) is 3.67. The molecule has 2 aliphatic rings. The minimum Gasteiger partial charge on any atom is -0.301 e. The molecule has 1 saturated heterocycles. The van der Waals surface area contributed by atoms with Crippen molar-refractivity contribution in [1.29, 1.82) is 0 Å². The molecule has 1 heterocycles. The van der Waals surface area contributed by atoms with Gasteiger partial charge in [-0.1, -0.05) is 12.8 Å². The molecule has 1 saturated carbocycles. The van der Waals surface area contributed by atoms with Crippen LogP contribution >= 0.6 is 0 Å². The molecule has 1 aliphatic heterocycles. The maximum Gasteiger partial charge on any atom is 0.0110 e. The van der Waals surface area contributed by atoms with Crippen LogP contribution in [-0.4, -0.2) is 24.5 Å². The summed E-state index contributed by atoms with van der Waals surface area (Å²) in [6, 6.07) is 0. The Morgan fingerprint density at radius 3 is 2.50 bits per heavy atom. The van der Waals surface area contributed by atoms with Crippen LogP contribution < -0.4 is 0 Å². The molecular weight excluding hydrogens is 98.1 g/mol. The van der Waals surface area contributed by atoms with E-state index >= 15 is 0 Å². The van der Waals surface area contributed by atoms with E-state index in [4.69, 9.17) is 0 Å². The Labute approximate surface area is 50.7 Å². The lowest BCUT2D eigenvalue weighted by atomic mass is 10.3. The Balaban J connectivity index is 1.56. The molecule has 0 radical (unpaired) electrons. The number of hydrogen-bond acceptors (Lipinski definition) is 1. The summed E-state index contributed by atoms with van der Waals surface area (Å²) in [7, 11) is 0. The lowest BCUT2D eigenvalue weighted by Gasteiger charge is -1.95. The average Bonchev–Trinajstić information content (AvgIpc) is 2.60. The van der Waals surface area contributed by atoms with Crippen LogP contribution in [0.25, 0.3) is 0 Å². The van der Waals surface area contributed by atoms with E-state index in [1.165, 1.54) is 38.9 Å². The molecule has 46 valence electrons.